The molecular weight excluding hydrogens is 394 g/mol. The first-order valence-corrected chi connectivity index (χ1v) is 10.1. The Bertz CT molecular complexity index is 766. The average Bonchev–Trinajstić information content (AvgIpc) is 2.61. The molecule has 0 heterocycles. The van der Waals surface area contributed by atoms with Gasteiger partial charge in [0.2, 0.25) is 0 Å². The fourth-order valence-corrected chi connectivity index (χ4v) is 3.56. The molecular formula is C20H19F4NS2. The topological polar surface area (TPSA) is 12.4 Å². The third kappa shape index (κ3) is 9.15. The van der Waals surface area contributed by atoms with E-state index < -0.39 is 12.6 Å². The van der Waals surface area contributed by atoms with E-state index in [1.165, 1.54) is 35.7 Å². The van der Waals surface area contributed by atoms with Crippen molar-refractivity contribution in [1.29, 1.82) is 0 Å². The van der Waals surface area contributed by atoms with Crippen LogP contribution in [-0.4, -0.2) is 17.0 Å². The van der Waals surface area contributed by atoms with Crippen LogP contribution in [0.5, 0.6) is 0 Å². The fraction of sp³-hybridized carbons (Fsp3) is 0.250. The summed E-state index contributed by atoms with van der Waals surface area (Å²) in [5.74, 6) is 0.0284. The number of halogens is 4. The van der Waals surface area contributed by atoms with Crippen LogP contribution < -0.4 is 0 Å². The van der Waals surface area contributed by atoms with Crippen LogP contribution in [-0.2, 0) is 0 Å². The van der Waals surface area contributed by atoms with Gasteiger partial charge >= 0.3 is 6.18 Å². The maximum absolute atomic E-state index is 12.9. The lowest BCUT2D eigenvalue weighted by molar-refractivity contribution is -0.134. The SMILES string of the molecule is Cc1ccc(N=C(C=CSc2ccc(F)cc2)SCCCC(F)(F)F)cc1. The fourth-order valence-electron chi connectivity index (χ4n) is 2.00. The summed E-state index contributed by atoms with van der Waals surface area (Å²) in [6, 6.07) is 13.7. The monoisotopic (exact) mass is 413 g/mol. The zero-order valence-corrected chi connectivity index (χ0v) is 16.3. The number of aryl methyl sites for hydroxylation is 1. The summed E-state index contributed by atoms with van der Waals surface area (Å²) in [6.07, 6.45) is -3.12. The molecule has 2 rings (SSSR count). The van der Waals surface area contributed by atoms with Crippen molar-refractivity contribution in [3.05, 3.63) is 71.4 Å². The zero-order chi connectivity index (χ0) is 19.7. The number of thioether (sulfide) groups is 2. The highest BCUT2D eigenvalue weighted by atomic mass is 32.2. The van der Waals surface area contributed by atoms with Gasteiger partial charge in [-0.1, -0.05) is 29.5 Å². The Hall–Kier alpha value is -1.73. The number of benzene rings is 2. The Morgan fingerprint density at radius 2 is 1.70 bits per heavy atom. The van der Waals surface area contributed by atoms with Gasteiger partial charge in [0, 0.05) is 11.3 Å². The molecule has 0 bridgehead atoms. The van der Waals surface area contributed by atoms with Gasteiger partial charge in [-0.25, -0.2) is 9.38 Å². The van der Waals surface area contributed by atoms with E-state index in [4.69, 9.17) is 0 Å². The molecule has 0 aromatic heterocycles. The Morgan fingerprint density at radius 1 is 1.04 bits per heavy atom. The number of hydrogen-bond acceptors (Lipinski definition) is 3. The molecule has 0 fully saturated rings. The van der Waals surface area contributed by atoms with Crippen LogP contribution in [0.25, 0.3) is 0 Å². The maximum Gasteiger partial charge on any atom is 0.389 e. The van der Waals surface area contributed by atoms with E-state index in [9.17, 15) is 17.6 Å². The third-order valence-corrected chi connectivity index (χ3v) is 5.19. The summed E-state index contributed by atoms with van der Waals surface area (Å²) >= 11 is 2.68. The molecule has 2 aromatic carbocycles. The van der Waals surface area contributed by atoms with E-state index in [1.54, 1.807) is 23.6 Å². The van der Waals surface area contributed by atoms with Crippen molar-refractivity contribution < 1.29 is 17.6 Å². The molecule has 1 nitrogen and oxygen atoms in total. The quantitative estimate of drug-likeness (QED) is 0.153. The lowest BCUT2D eigenvalue weighted by atomic mass is 10.2. The Labute approximate surface area is 165 Å². The van der Waals surface area contributed by atoms with Gasteiger partial charge < -0.3 is 0 Å². The predicted molar refractivity (Wildman–Crippen MR) is 107 cm³/mol. The molecule has 27 heavy (non-hydrogen) atoms. The molecule has 0 aliphatic heterocycles. The standard InChI is InChI=1S/C20H19F4NS2/c1-15-3-7-17(8-4-15)25-19(27-13-2-12-20(22,23)24)11-14-26-18-9-5-16(21)6-10-18/h3-11,14H,2,12-13H2,1H3. The van der Waals surface area contributed by atoms with E-state index in [-0.39, 0.29) is 12.2 Å². The lowest BCUT2D eigenvalue weighted by Crippen LogP contribution is -2.07. The van der Waals surface area contributed by atoms with Crippen LogP contribution in [0.3, 0.4) is 0 Å². The van der Waals surface area contributed by atoms with Gasteiger partial charge in [-0.3, -0.25) is 0 Å². The van der Waals surface area contributed by atoms with Gasteiger partial charge in [0.05, 0.1) is 10.7 Å². The molecule has 0 saturated carbocycles. The molecule has 0 aliphatic carbocycles. The van der Waals surface area contributed by atoms with Crippen molar-refractivity contribution in [2.45, 2.75) is 30.8 Å². The van der Waals surface area contributed by atoms with Crippen molar-refractivity contribution in [2.75, 3.05) is 5.75 Å². The van der Waals surface area contributed by atoms with E-state index in [0.717, 1.165) is 16.1 Å². The summed E-state index contributed by atoms with van der Waals surface area (Å²) in [7, 11) is 0. The predicted octanol–water partition coefficient (Wildman–Crippen LogP) is 7.55. The summed E-state index contributed by atoms with van der Waals surface area (Å²) in [5.41, 5.74) is 1.85. The summed E-state index contributed by atoms with van der Waals surface area (Å²) in [6.45, 7) is 1.97. The normalized spacial score (nSPS) is 12.7. The molecule has 0 N–H and O–H groups in total. The maximum atomic E-state index is 12.9. The minimum Gasteiger partial charge on any atom is -0.242 e. The molecule has 0 aliphatic rings. The van der Waals surface area contributed by atoms with Crippen LogP contribution in [0.15, 0.2) is 69.9 Å². The highest BCUT2D eigenvalue weighted by Gasteiger charge is 2.25. The highest BCUT2D eigenvalue weighted by molar-refractivity contribution is 8.14. The Morgan fingerprint density at radius 3 is 2.33 bits per heavy atom. The van der Waals surface area contributed by atoms with Crippen molar-refractivity contribution >= 4 is 34.3 Å². The molecule has 0 unspecified atom stereocenters. The van der Waals surface area contributed by atoms with Crippen molar-refractivity contribution in [2.24, 2.45) is 4.99 Å². The third-order valence-electron chi connectivity index (χ3n) is 3.36. The number of nitrogens with zero attached hydrogens (tertiary/aromatic N) is 1. The first-order chi connectivity index (χ1) is 12.8. The highest BCUT2D eigenvalue weighted by Crippen LogP contribution is 2.25. The summed E-state index contributed by atoms with van der Waals surface area (Å²) in [4.78, 5) is 5.38. The second-order valence-corrected chi connectivity index (χ2v) is 7.82. The van der Waals surface area contributed by atoms with Crippen LogP contribution in [0.2, 0.25) is 0 Å². The molecule has 0 radical (unpaired) electrons. The van der Waals surface area contributed by atoms with Crippen molar-refractivity contribution in [3.63, 3.8) is 0 Å². The number of rotatable bonds is 7. The van der Waals surface area contributed by atoms with Crippen LogP contribution in [0.4, 0.5) is 23.2 Å². The van der Waals surface area contributed by atoms with Gasteiger partial charge in [0.25, 0.3) is 0 Å². The molecule has 0 amide bonds. The zero-order valence-electron chi connectivity index (χ0n) is 14.7. The minimum atomic E-state index is -4.14. The van der Waals surface area contributed by atoms with Gasteiger partial charge in [-0.05, 0) is 67.0 Å². The number of hydrogen-bond donors (Lipinski definition) is 0. The second kappa shape index (κ2) is 10.6. The average molecular weight is 414 g/mol. The van der Waals surface area contributed by atoms with Crippen LogP contribution in [0.1, 0.15) is 18.4 Å². The molecule has 0 saturated heterocycles. The summed E-state index contributed by atoms with van der Waals surface area (Å²) in [5, 5.41) is 2.44. The largest absolute Gasteiger partial charge is 0.389 e. The molecule has 0 spiro atoms. The second-order valence-electron chi connectivity index (χ2n) is 5.73. The summed E-state index contributed by atoms with van der Waals surface area (Å²) < 4.78 is 49.8. The van der Waals surface area contributed by atoms with E-state index in [0.29, 0.717) is 10.8 Å². The van der Waals surface area contributed by atoms with Crippen molar-refractivity contribution in [3.8, 4) is 0 Å². The van der Waals surface area contributed by atoms with E-state index in [2.05, 4.69) is 4.99 Å². The lowest BCUT2D eigenvalue weighted by Gasteiger charge is -2.06. The Balaban J connectivity index is 2.02. The Kier molecular flexibility index (Phi) is 8.44. The van der Waals surface area contributed by atoms with E-state index in [1.807, 2.05) is 31.2 Å². The first-order valence-electron chi connectivity index (χ1n) is 8.25. The molecule has 144 valence electrons. The van der Waals surface area contributed by atoms with E-state index >= 15 is 0 Å². The van der Waals surface area contributed by atoms with Gasteiger partial charge in [-0.2, -0.15) is 13.2 Å². The van der Waals surface area contributed by atoms with Crippen molar-refractivity contribution in [1.82, 2.24) is 0 Å². The van der Waals surface area contributed by atoms with Gasteiger partial charge in [-0.15, -0.1) is 11.8 Å². The number of alkyl halides is 3. The number of aliphatic imine (C=N–C) groups is 1. The molecule has 2 aromatic rings. The smallest absolute Gasteiger partial charge is 0.242 e. The van der Waals surface area contributed by atoms with Gasteiger partial charge in [0.1, 0.15) is 5.82 Å². The molecule has 0 atom stereocenters. The molecule has 7 heteroatoms. The van der Waals surface area contributed by atoms with Crippen LogP contribution >= 0.6 is 23.5 Å². The van der Waals surface area contributed by atoms with Crippen LogP contribution in [0, 0.1) is 12.7 Å². The minimum absolute atomic E-state index is 0.0417. The van der Waals surface area contributed by atoms with Gasteiger partial charge in [0.15, 0.2) is 0 Å². The first kappa shape index (κ1) is 21.6.